The fraction of sp³-hybridized carbons (Fsp3) is 0.118. The van der Waals surface area contributed by atoms with Crippen LogP contribution in [0.15, 0.2) is 57.4 Å². The van der Waals surface area contributed by atoms with Gasteiger partial charge in [0.05, 0.1) is 12.1 Å². The van der Waals surface area contributed by atoms with Crippen LogP contribution in [0.2, 0.25) is 0 Å². The van der Waals surface area contributed by atoms with E-state index in [9.17, 15) is 4.79 Å². The first-order valence-corrected chi connectivity index (χ1v) is 7.85. The molecule has 0 aliphatic rings. The Morgan fingerprint density at radius 1 is 1.17 bits per heavy atom. The van der Waals surface area contributed by atoms with Gasteiger partial charge in [0.1, 0.15) is 0 Å². The van der Waals surface area contributed by atoms with Crippen LogP contribution in [0, 0.1) is 6.92 Å². The summed E-state index contributed by atoms with van der Waals surface area (Å²) in [6.07, 6.45) is 0. The summed E-state index contributed by atoms with van der Waals surface area (Å²) in [5.41, 5.74) is 2.54. The number of carbonyl (C=O) groups excluding carboxylic acids is 1. The van der Waals surface area contributed by atoms with E-state index in [4.69, 9.17) is 4.42 Å². The van der Waals surface area contributed by atoms with Crippen LogP contribution in [-0.2, 0) is 6.54 Å². The highest BCUT2D eigenvalue weighted by molar-refractivity contribution is 9.10. The quantitative estimate of drug-likeness (QED) is 0.758. The fourth-order valence-corrected chi connectivity index (χ4v) is 2.58. The second kappa shape index (κ2) is 6.75. The smallest absolute Gasteiger partial charge is 0.252 e. The number of aromatic nitrogens is 2. The molecule has 0 saturated heterocycles. The van der Waals surface area contributed by atoms with Gasteiger partial charge in [-0.25, -0.2) is 0 Å². The zero-order valence-corrected chi connectivity index (χ0v) is 14.0. The van der Waals surface area contributed by atoms with Gasteiger partial charge >= 0.3 is 0 Å². The van der Waals surface area contributed by atoms with E-state index in [1.54, 1.807) is 6.07 Å². The van der Waals surface area contributed by atoms with Crippen molar-refractivity contribution in [3.05, 3.63) is 70.0 Å². The van der Waals surface area contributed by atoms with Crippen LogP contribution in [-0.4, -0.2) is 16.1 Å². The molecule has 0 unspecified atom stereocenters. The molecule has 1 N–H and O–H groups in total. The molecule has 6 heteroatoms. The van der Waals surface area contributed by atoms with E-state index in [-0.39, 0.29) is 12.5 Å². The minimum atomic E-state index is -0.201. The summed E-state index contributed by atoms with van der Waals surface area (Å²) in [6.45, 7) is 2.18. The Bertz CT molecular complexity index is 845. The van der Waals surface area contributed by atoms with E-state index in [0.717, 1.165) is 15.6 Å². The molecule has 0 saturated carbocycles. The van der Waals surface area contributed by atoms with E-state index < -0.39 is 0 Å². The number of hydrogen-bond acceptors (Lipinski definition) is 4. The molecule has 3 aromatic rings. The predicted molar refractivity (Wildman–Crippen MR) is 89.8 cm³/mol. The first-order chi connectivity index (χ1) is 11.1. The highest BCUT2D eigenvalue weighted by Gasteiger charge is 2.12. The van der Waals surface area contributed by atoms with Crippen molar-refractivity contribution in [1.29, 1.82) is 0 Å². The number of carbonyl (C=O) groups is 1. The van der Waals surface area contributed by atoms with Crippen molar-refractivity contribution in [2.24, 2.45) is 0 Å². The molecule has 0 radical (unpaired) electrons. The molecular weight excluding hydrogens is 358 g/mol. The van der Waals surface area contributed by atoms with Crippen molar-refractivity contribution >= 4 is 21.8 Å². The van der Waals surface area contributed by atoms with Crippen LogP contribution in [0.3, 0.4) is 0 Å². The molecule has 0 aliphatic carbocycles. The summed E-state index contributed by atoms with van der Waals surface area (Å²) in [4.78, 5) is 12.1. The second-order valence-corrected chi connectivity index (χ2v) is 5.89. The normalized spacial score (nSPS) is 10.5. The third kappa shape index (κ3) is 3.65. The highest BCUT2D eigenvalue weighted by Crippen LogP contribution is 2.19. The third-order valence-electron chi connectivity index (χ3n) is 3.25. The van der Waals surface area contributed by atoms with Gasteiger partial charge < -0.3 is 9.73 Å². The molecule has 5 nitrogen and oxygen atoms in total. The minimum Gasteiger partial charge on any atom is -0.419 e. The Morgan fingerprint density at radius 2 is 2.00 bits per heavy atom. The largest absolute Gasteiger partial charge is 0.419 e. The average Bonchev–Trinajstić information content (AvgIpc) is 3.02. The van der Waals surface area contributed by atoms with E-state index in [1.807, 2.05) is 49.4 Å². The van der Waals surface area contributed by atoms with Gasteiger partial charge in [-0.3, -0.25) is 4.79 Å². The van der Waals surface area contributed by atoms with Gasteiger partial charge in [-0.1, -0.05) is 29.8 Å². The van der Waals surface area contributed by atoms with Gasteiger partial charge in [-0.05, 0) is 47.1 Å². The number of nitrogens with zero attached hydrogens (tertiary/aromatic N) is 2. The summed E-state index contributed by atoms with van der Waals surface area (Å²) in [6, 6.07) is 15.0. The van der Waals surface area contributed by atoms with Crippen LogP contribution in [0.1, 0.15) is 21.8 Å². The van der Waals surface area contributed by atoms with Crippen molar-refractivity contribution in [3.63, 3.8) is 0 Å². The SMILES string of the molecule is Cc1cccc(-c2nnc(CNC(=O)c3ccccc3Br)o2)c1. The lowest BCUT2D eigenvalue weighted by Crippen LogP contribution is -2.23. The van der Waals surface area contributed by atoms with Gasteiger partial charge in [0.25, 0.3) is 5.91 Å². The number of halogens is 1. The maximum Gasteiger partial charge on any atom is 0.252 e. The van der Waals surface area contributed by atoms with Crippen LogP contribution >= 0.6 is 15.9 Å². The number of benzene rings is 2. The minimum absolute atomic E-state index is 0.180. The van der Waals surface area contributed by atoms with Gasteiger partial charge in [0.15, 0.2) is 0 Å². The molecule has 1 heterocycles. The third-order valence-corrected chi connectivity index (χ3v) is 3.94. The molecule has 0 fully saturated rings. The second-order valence-electron chi connectivity index (χ2n) is 5.03. The molecular formula is C17H14BrN3O2. The van der Waals surface area contributed by atoms with E-state index in [1.165, 1.54) is 0 Å². The van der Waals surface area contributed by atoms with Crippen molar-refractivity contribution in [1.82, 2.24) is 15.5 Å². The molecule has 2 aromatic carbocycles. The number of amides is 1. The maximum absolute atomic E-state index is 12.1. The first kappa shape index (κ1) is 15.4. The van der Waals surface area contributed by atoms with Gasteiger partial charge in [0.2, 0.25) is 11.8 Å². The standard InChI is InChI=1S/C17H14BrN3O2/c1-11-5-4-6-12(9-11)17-21-20-15(23-17)10-19-16(22)13-7-2-3-8-14(13)18/h2-9H,10H2,1H3,(H,19,22). The Labute approximate surface area is 141 Å². The molecule has 0 aliphatic heterocycles. The van der Waals surface area contributed by atoms with Crippen molar-refractivity contribution in [3.8, 4) is 11.5 Å². The summed E-state index contributed by atoms with van der Waals surface area (Å²) in [5.74, 6) is 0.605. The van der Waals surface area contributed by atoms with E-state index in [0.29, 0.717) is 17.3 Å². The van der Waals surface area contributed by atoms with Crippen molar-refractivity contribution in [2.45, 2.75) is 13.5 Å². The summed E-state index contributed by atoms with van der Waals surface area (Å²) >= 11 is 3.35. The fourth-order valence-electron chi connectivity index (χ4n) is 2.12. The predicted octanol–water partition coefficient (Wildman–Crippen LogP) is 3.74. The van der Waals surface area contributed by atoms with Crippen LogP contribution < -0.4 is 5.32 Å². The van der Waals surface area contributed by atoms with Gasteiger partial charge in [-0.15, -0.1) is 10.2 Å². The molecule has 0 bridgehead atoms. The molecule has 23 heavy (non-hydrogen) atoms. The zero-order chi connectivity index (χ0) is 16.2. The van der Waals surface area contributed by atoms with Crippen molar-refractivity contribution < 1.29 is 9.21 Å². The Hall–Kier alpha value is -2.47. The Balaban J connectivity index is 1.68. The summed E-state index contributed by atoms with van der Waals surface area (Å²) in [7, 11) is 0. The molecule has 1 amide bonds. The monoisotopic (exact) mass is 371 g/mol. The number of aryl methyl sites for hydroxylation is 1. The summed E-state index contributed by atoms with van der Waals surface area (Å²) < 4.78 is 6.33. The number of nitrogens with one attached hydrogen (secondary N) is 1. The number of hydrogen-bond donors (Lipinski definition) is 1. The van der Waals surface area contributed by atoms with Gasteiger partial charge in [0, 0.05) is 10.0 Å². The Kier molecular flexibility index (Phi) is 4.52. The van der Waals surface area contributed by atoms with E-state index in [2.05, 4.69) is 31.4 Å². The lowest BCUT2D eigenvalue weighted by Gasteiger charge is -2.04. The molecule has 0 spiro atoms. The zero-order valence-electron chi connectivity index (χ0n) is 12.4. The number of rotatable bonds is 4. The Morgan fingerprint density at radius 3 is 2.78 bits per heavy atom. The van der Waals surface area contributed by atoms with Crippen LogP contribution in [0.5, 0.6) is 0 Å². The lowest BCUT2D eigenvalue weighted by atomic mass is 10.1. The maximum atomic E-state index is 12.1. The van der Waals surface area contributed by atoms with Crippen LogP contribution in [0.25, 0.3) is 11.5 Å². The highest BCUT2D eigenvalue weighted by atomic mass is 79.9. The van der Waals surface area contributed by atoms with Crippen LogP contribution in [0.4, 0.5) is 0 Å². The first-order valence-electron chi connectivity index (χ1n) is 7.05. The molecule has 0 atom stereocenters. The topological polar surface area (TPSA) is 68.0 Å². The molecule has 3 rings (SSSR count). The summed E-state index contributed by atoms with van der Waals surface area (Å²) in [5, 5.41) is 10.8. The molecule has 1 aromatic heterocycles. The lowest BCUT2D eigenvalue weighted by molar-refractivity contribution is 0.0946. The molecule has 116 valence electrons. The van der Waals surface area contributed by atoms with Crippen molar-refractivity contribution in [2.75, 3.05) is 0 Å². The van der Waals surface area contributed by atoms with Gasteiger partial charge in [-0.2, -0.15) is 0 Å². The van der Waals surface area contributed by atoms with E-state index >= 15 is 0 Å². The average molecular weight is 372 g/mol.